The number of amides is 1. The van der Waals surface area contributed by atoms with Crippen molar-refractivity contribution in [1.82, 2.24) is 29.5 Å². The normalized spacial score (nSPS) is 16.5. The molecule has 180 valence electrons. The Morgan fingerprint density at radius 3 is 2.71 bits per heavy atom. The maximum absolute atomic E-state index is 13.6. The number of halogens is 2. The van der Waals surface area contributed by atoms with Crippen LogP contribution in [0.4, 0.5) is 26.1 Å². The molecule has 1 aliphatic carbocycles. The SMILES string of the molecule is CNc1cc(Nc2cccn(-c3ccc(C)nc3)c2=O)nc2c(C(=O)N[C@@H]3CCC3(F)F)cnn12. The lowest BCUT2D eigenvalue weighted by Gasteiger charge is -2.36. The first-order valence-electron chi connectivity index (χ1n) is 10.9. The molecule has 0 unspecified atom stereocenters. The second-order valence-electron chi connectivity index (χ2n) is 8.28. The molecule has 5 rings (SSSR count). The Morgan fingerprint density at radius 1 is 1.23 bits per heavy atom. The number of carbonyl (C=O) groups excluding carboxylic acids is 1. The summed E-state index contributed by atoms with van der Waals surface area (Å²) in [6.07, 6.45) is 4.46. The topological polar surface area (TPSA) is 118 Å². The standard InChI is InChI=1S/C23H22F2N8O2/c1-13-5-6-14(11-27-13)32-9-3-4-16(22(32)35)29-18-10-19(26-2)33-20(31-18)15(12-28-33)21(34)30-17-7-8-23(17,24)25/h3-6,9-12,17,26H,7-8H2,1-2H3,(H,29,31)(H,30,34)/t17-/m1/s1. The number of carbonyl (C=O) groups is 1. The van der Waals surface area contributed by atoms with Gasteiger partial charge in [0.15, 0.2) is 5.65 Å². The van der Waals surface area contributed by atoms with Crippen LogP contribution in [0.3, 0.4) is 0 Å². The minimum absolute atomic E-state index is 0.0454. The van der Waals surface area contributed by atoms with Crippen LogP contribution in [0.25, 0.3) is 11.3 Å². The van der Waals surface area contributed by atoms with E-state index in [1.807, 2.05) is 13.0 Å². The summed E-state index contributed by atoms with van der Waals surface area (Å²) < 4.78 is 30.1. The molecule has 0 saturated heterocycles. The van der Waals surface area contributed by atoms with E-state index in [4.69, 9.17) is 0 Å². The number of nitrogens with zero attached hydrogens (tertiary/aromatic N) is 5. The third kappa shape index (κ3) is 4.07. The Bertz CT molecular complexity index is 1480. The largest absolute Gasteiger partial charge is 0.373 e. The van der Waals surface area contributed by atoms with Gasteiger partial charge < -0.3 is 16.0 Å². The highest BCUT2D eigenvalue weighted by molar-refractivity contribution is 6.00. The van der Waals surface area contributed by atoms with E-state index >= 15 is 0 Å². The average molecular weight is 480 g/mol. The van der Waals surface area contributed by atoms with Gasteiger partial charge in [-0.1, -0.05) is 0 Å². The molecule has 1 aliphatic rings. The van der Waals surface area contributed by atoms with Gasteiger partial charge in [0.1, 0.15) is 22.9 Å². The molecule has 1 fully saturated rings. The summed E-state index contributed by atoms with van der Waals surface area (Å²) in [6.45, 7) is 1.86. The van der Waals surface area contributed by atoms with Gasteiger partial charge in [0.05, 0.1) is 24.1 Å². The van der Waals surface area contributed by atoms with Gasteiger partial charge in [0.2, 0.25) is 0 Å². The number of pyridine rings is 2. The molecule has 0 spiro atoms. The summed E-state index contributed by atoms with van der Waals surface area (Å²) in [5, 5.41) is 12.5. The molecule has 0 aromatic carbocycles. The van der Waals surface area contributed by atoms with Crippen LogP contribution in [0.5, 0.6) is 0 Å². The predicted molar refractivity (Wildman–Crippen MR) is 126 cm³/mol. The maximum atomic E-state index is 13.6. The van der Waals surface area contributed by atoms with Crippen LogP contribution in [-0.2, 0) is 0 Å². The molecule has 10 nitrogen and oxygen atoms in total. The fraction of sp³-hybridized carbons (Fsp3) is 0.261. The molecule has 0 radical (unpaired) electrons. The molecular formula is C23H22F2N8O2. The van der Waals surface area contributed by atoms with Gasteiger partial charge in [-0.25, -0.2) is 13.8 Å². The van der Waals surface area contributed by atoms with Crippen LogP contribution < -0.4 is 21.5 Å². The van der Waals surface area contributed by atoms with E-state index < -0.39 is 17.9 Å². The Morgan fingerprint density at radius 2 is 2.06 bits per heavy atom. The zero-order valence-electron chi connectivity index (χ0n) is 18.9. The van der Waals surface area contributed by atoms with Crippen LogP contribution in [0.1, 0.15) is 28.9 Å². The van der Waals surface area contributed by atoms with Gasteiger partial charge >= 0.3 is 0 Å². The van der Waals surface area contributed by atoms with Crippen molar-refractivity contribution < 1.29 is 13.6 Å². The second-order valence-corrected chi connectivity index (χ2v) is 8.28. The highest BCUT2D eigenvalue weighted by atomic mass is 19.3. The Balaban J connectivity index is 1.49. The number of alkyl halides is 2. The Hall–Kier alpha value is -4.35. The fourth-order valence-corrected chi connectivity index (χ4v) is 3.82. The average Bonchev–Trinajstić information content (AvgIpc) is 3.27. The number of nitrogens with one attached hydrogen (secondary N) is 3. The molecule has 35 heavy (non-hydrogen) atoms. The minimum atomic E-state index is -2.92. The first kappa shape index (κ1) is 22.4. The van der Waals surface area contributed by atoms with Gasteiger partial charge in [0.25, 0.3) is 17.4 Å². The van der Waals surface area contributed by atoms with E-state index in [1.165, 1.54) is 15.3 Å². The zero-order chi connectivity index (χ0) is 24.7. The number of anilines is 3. The molecule has 12 heteroatoms. The summed E-state index contributed by atoms with van der Waals surface area (Å²) in [5.41, 5.74) is 1.54. The third-order valence-electron chi connectivity index (χ3n) is 5.94. The Labute approximate surface area is 198 Å². The molecule has 1 saturated carbocycles. The first-order chi connectivity index (χ1) is 16.8. The van der Waals surface area contributed by atoms with Gasteiger partial charge in [-0.3, -0.25) is 19.1 Å². The molecule has 0 bridgehead atoms. The van der Waals surface area contributed by atoms with E-state index in [2.05, 4.69) is 31.0 Å². The lowest BCUT2D eigenvalue weighted by molar-refractivity contribution is -0.102. The third-order valence-corrected chi connectivity index (χ3v) is 5.94. The van der Waals surface area contributed by atoms with Crippen molar-refractivity contribution in [1.29, 1.82) is 0 Å². The van der Waals surface area contributed by atoms with Crippen LogP contribution in [-0.4, -0.2) is 49.1 Å². The molecule has 4 aromatic heterocycles. The van der Waals surface area contributed by atoms with Gasteiger partial charge in [-0.05, 0) is 37.6 Å². The van der Waals surface area contributed by atoms with Crippen molar-refractivity contribution >= 4 is 28.9 Å². The van der Waals surface area contributed by atoms with E-state index in [0.29, 0.717) is 11.5 Å². The fourth-order valence-electron chi connectivity index (χ4n) is 3.82. The summed E-state index contributed by atoms with van der Waals surface area (Å²) in [6, 6.07) is 7.31. The van der Waals surface area contributed by atoms with E-state index in [0.717, 1.165) is 5.69 Å². The lowest BCUT2D eigenvalue weighted by Crippen LogP contribution is -2.55. The van der Waals surface area contributed by atoms with Crippen LogP contribution in [0.2, 0.25) is 0 Å². The maximum Gasteiger partial charge on any atom is 0.278 e. The number of aromatic nitrogens is 5. The van der Waals surface area contributed by atoms with Crippen LogP contribution in [0, 0.1) is 6.92 Å². The number of hydrogen-bond acceptors (Lipinski definition) is 7. The number of rotatable bonds is 6. The van der Waals surface area contributed by atoms with Crippen molar-refractivity contribution in [2.24, 2.45) is 0 Å². The molecule has 4 heterocycles. The van der Waals surface area contributed by atoms with E-state index in [-0.39, 0.29) is 41.1 Å². The van der Waals surface area contributed by atoms with Gasteiger partial charge in [0, 0.05) is 31.4 Å². The van der Waals surface area contributed by atoms with Crippen molar-refractivity contribution in [2.45, 2.75) is 31.7 Å². The van der Waals surface area contributed by atoms with Crippen LogP contribution in [0.15, 0.2) is 53.7 Å². The monoisotopic (exact) mass is 480 g/mol. The lowest BCUT2D eigenvalue weighted by atomic mass is 9.88. The Kier molecular flexibility index (Phi) is 5.42. The van der Waals surface area contributed by atoms with Crippen molar-refractivity contribution in [3.63, 3.8) is 0 Å². The van der Waals surface area contributed by atoms with E-state index in [9.17, 15) is 18.4 Å². The predicted octanol–water partition coefficient (Wildman–Crippen LogP) is 2.90. The highest BCUT2D eigenvalue weighted by Gasteiger charge is 2.49. The highest BCUT2D eigenvalue weighted by Crippen LogP contribution is 2.37. The summed E-state index contributed by atoms with van der Waals surface area (Å²) in [4.78, 5) is 34.5. The number of fused-ring (bicyclic) bond motifs is 1. The summed E-state index contributed by atoms with van der Waals surface area (Å²) in [5.74, 6) is -2.87. The quantitative estimate of drug-likeness (QED) is 0.388. The molecule has 0 aliphatic heterocycles. The van der Waals surface area contributed by atoms with Crippen molar-refractivity contribution in [3.8, 4) is 5.69 Å². The molecule has 1 atom stereocenters. The summed E-state index contributed by atoms with van der Waals surface area (Å²) >= 11 is 0. The van der Waals surface area contributed by atoms with Crippen LogP contribution >= 0.6 is 0 Å². The zero-order valence-corrected chi connectivity index (χ0v) is 18.9. The molecular weight excluding hydrogens is 458 g/mol. The molecule has 4 aromatic rings. The summed E-state index contributed by atoms with van der Waals surface area (Å²) in [7, 11) is 1.66. The van der Waals surface area contributed by atoms with Crippen molar-refractivity contribution in [2.75, 3.05) is 17.7 Å². The first-order valence-corrected chi connectivity index (χ1v) is 10.9. The molecule has 3 N–H and O–H groups in total. The minimum Gasteiger partial charge on any atom is -0.373 e. The van der Waals surface area contributed by atoms with E-state index in [1.54, 1.807) is 43.7 Å². The number of hydrogen-bond donors (Lipinski definition) is 3. The van der Waals surface area contributed by atoms with Gasteiger partial charge in [-0.2, -0.15) is 9.61 Å². The van der Waals surface area contributed by atoms with Crippen molar-refractivity contribution in [3.05, 3.63) is 70.5 Å². The molecule has 1 amide bonds. The number of aryl methyl sites for hydroxylation is 1. The van der Waals surface area contributed by atoms with Gasteiger partial charge in [-0.15, -0.1) is 0 Å². The second kappa shape index (κ2) is 8.46. The smallest absolute Gasteiger partial charge is 0.278 e.